The largest absolute Gasteiger partial charge is 0.492 e. The predicted molar refractivity (Wildman–Crippen MR) is 157 cm³/mol. The summed E-state index contributed by atoms with van der Waals surface area (Å²) in [7, 11) is 0. The molecule has 1 aliphatic heterocycles. The lowest BCUT2D eigenvalue weighted by Gasteiger charge is -2.26. The smallest absolute Gasteiger partial charge is 0.243 e. The number of nitrogens with two attached hydrogens (primary N) is 1. The zero-order valence-corrected chi connectivity index (χ0v) is 23.6. The Morgan fingerprint density at radius 2 is 1.55 bits per heavy atom. The Hall–Kier alpha value is -3.43. The molecular weight excluding hydrogens is 506 g/mol. The molecule has 3 atom stereocenters. The van der Waals surface area contributed by atoms with Crippen molar-refractivity contribution in [1.29, 1.82) is 0 Å². The maximum absolute atomic E-state index is 13.5. The summed E-state index contributed by atoms with van der Waals surface area (Å²) >= 11 is 0. The van der Waals surface area contributed by atoms with Gasteiger partial charge in [-0.25, -0.2) is 0 Å². The van der Waals surface area contributed by atoms with Gasteiger partial charge in [0.05, 0.1) is 6.04 Å². The minimum absolute atomic E-state index is 0.236. The molecule has 1 aliphatic rings. The molecule has 1 heterocycles. The van der Waals surface area contributed by atoms with Crippen molar-refractivity contribution >= 4 is 17.7 Å². The van der Waals surface area contributed by atoms with Crippen molar-refractivity contribution in [2.75, 3.05) is 26.2 Å². The molecule has 9 heteroatoms. The number of hydrogen-bond donors (Lipinski definition) is 5. The maximum atomic E-state index is 13.5. The molecule has 2 aromatic carbocycles. The van der Waals surface area contributed by atoms with Crippen LogP contribution in [0.15, 0.2) is 54.6 Å². The summed E-state index contributed by atoms with van der Waals surface area (Å²) in [5, 5.41) is 12.2. The van der Waals surface area contributed by atoms with Crippen LogP contribution in [0.2, 0.25) is 0 Å². The third-order valence-corrected chi connectivity index (χ3v) is 7.03. The van der Waals surface area contributed by atoms with Crippen LogP contribution >= 0.6 is 0 Å². The van der Waals surface area contributed by atoms with Crippen LogP contribution in [0.4, 0.5) is 0 Å². The number of amides is 3. The Balaban J connectivity index is 1.84. The summed E-state index contributed by atoms with van der Waals surface area (Å²) in [6, 6.07) is 15.5. The summed E-state index contributed by atoms with van der Waals surface area (Å²) < 4.78 is 6.05. The molecule has 40 heavy (non-hydrogen) atoms. The molecule has 0 unspecified atom stereocenters. The molecule has 218 valence electrons. The van der Waals surface area contributed by atoms with Gasteiger partial charge in [-0.1, -0.05) is 61.9 Å². The number of carbonyl (C=O) groups is 3. The number of carbonyl (C=O) groups excluding carboxylic acids is 3. The molecule has 9 nitrogen and oxygen atoms in total. The molecule has 0 saturated carbocycles. The third kappa shape index (κ3) is 10.3. The van der Waals surface area contributed by atoms with Gasteiger partial charge in [-0.2, -0.15) is 0 Å². The fourth-order valence-corrected chi connectivity index (χ4v) is 4.84. The van der Waals surface area contributed by atoms with Crippen molar-refractivity contribution in [3.05, 3.63) is 65.7 Å². The first-order chi connectivity index (χ1) is 19.5. The van der Waals surface area contributed by atoms with Gasteiger partial charge in [0.15, 0.2) is 0 Å². The lowest BCUT2D eigenvalue weighted by molar-refractivity contribution is -0.132. The fraction of sp³-hybridized carbons (Fsp3) is 0.516. The minimum Gasteiger partial charge on any atom is -0.492 e. The highest BCUT2D eigenvalue weighted by Crippen LogP contribution is 2.19. The average Bonchev–Trinajstić information content (AvgIpc) is 2.96. The van der Waals surface area contributed by atoms with Gasteiger partial charge in [0.1, 0.15) is 24.4 Å². The molecule has 3 rings (SSSR count). The van der Waals surface area contributed by atoms with E-state index in [1.807, 2.05) is 61.5 Å². The van der Waals surface area contributed by atoms with Crippen molar-refractivity contribution in [3.63, 3.8) is 0 Å². The summed E-state index contributed by atoms with van der Waals surface area (Å²) in [6.45, 7) is 3.88. The van der Waals surface area contributed by atoms with E-state index in [4.69, 9.17) is 10.5 Å². The molecule has 6 N–H and O–H groups in total. The van der Waals surface area contributed by atoms with E-state index < -0.39 is 18.1 Å². The molecule has 0 aliphatic carbocycles. The van der Waals surface area contributed by atoms with E-state index in [1.54, 1.807) is 0 Å². The van der Waals surface area contributed by atoms with E-state index in [0.717, 1.165) is 42.6 Å². The number of fused-ring (bicyclic) bond motifs is 1. The van der Waals surface area contributed by atoms with Gasteiger partial charge < -0.3 is 31.7 Å². The molecule has 0 spiro atoms. The number of ether oxygens (including phenoxy) is 1. The van der Waals surface area contributed by atoms with E-state index in [9.17, 15) is 14.4 Å². The van der Waals surface area contributed by atoms with Crippen LogP contribution in [0, 0.1) is 0 Å². The van der Waals surface area contributed by atoms with Crippen molar-refractivity contribution in [2.24, 2.45) is 5.73 Å². The van der Waals surface area contributed by atoms with Gasteiger partial charge in [-0.15, -0.1) is 0 Å². The summed E-state index contributed by atoms with van der Waals surface area (Å²) in [5.41, 5.74) is 7.69. The number of rotatable bonds is 8. The number of para-hydroxylation sites is 1. The van der Waals surface area contributed by atoms with Crippen molar-refractivity contribution in [2.45, 2.75) is 76.4 Å². The number of unbranched alkanes of at least 4 members (excludes halogenated alkanes) is 1. The fourth-order valence-electron chi connectivity index (χ4n) is 4.84. The van der Waals surface area contributed by atoms with Crippen molar-refractivity contribution in [1.82, 2.24) is 21.3 Å². The third-order valence-electron chi connectivity index (χ3n) is 7.03. The van der Waals surface area contributed by atoms with Gasteiger partial charge in [0.25, 0.3) is 0 Å². The van der Waals surface area contributed by atoms with Crippen LogP contribution in [0.1, 0.15) is 56.6 Å². The second-order valence-corrected chi connectivity index (χ2v) is 10.2. The van der Waals surface area contributed by atoms with Crippen LogP contribution in [0.25, 0.3) is 0 Å². The first-order valence-corrected chi connectivity index (χ1v) is 14.6. The van der Waals surface area contributed by atoms with E-state index in [2.05, 4.69) is 21.3 Å². The minimum atomic E-state index is -0.775. The Labute approximate surface area is 238 Å². The second kappa shape index (κ2) is 17.3. The first kappa shape index (κ1) is 31.1. The molecule has 2 aromatic rings. The zero-order chi connectivity index (χ0) is 28.6. The van der Waals surface area contributed by atoms with Gasteiger partial charge in [0.2, 0.25) is 17.7 Å². The first-order valence-electron chi connectivity index (χ1n) is 14.6. The predicted octanol–water partition coefficient (Wildman–Crippen LogP) is 2.23. The van der Waals surface area contributed by atoms with E-state index in [1.165, 1.54) is 0 Å². The van der Waals surface area contributed by atoms with Gasteiger partial charge in [0, 0.05) is 19.5 Å². The SMILES string of the molecule is CCC[C@@H]1NCCOc2ccccc2CCCNC(=O)[C@@H](Cc2ccccc2)NC(=O)[C@H](CCCCN)NC1=O. The van der Waals surface area contributed by atoms with Crippen LogP contribution in [-0.2, 0) is 27.2 Å². The van der Waals surface area contributed by atoms with E-state index >= 15 is 0 Å². The lowest BCUT2D eigenvalue weighted by atomic mass is 10.0. The normalized spacial score (nSPS) is 21.6. The second-order valence-electron chi connectivity index (χ2n) is 10.2. The number of aryl methyl sites for hydroxylation is 1. The molecule has 0 saturated heterocycles. The van der Waals surface area contributed by atoms with Crippen molar-refractivity contribution < 1.29 is 19.1 Å². The number of hydrogen-bond acceptors (Lipinski definition) is 6. The molecule has 0 fully saturated rings. The highest BCUT2D eigenvalue weighted by atomic mass is 16.5. The Kier molecular flexibility index (Phi) is 13.5. The monoisotopic (exact) mass is 551 g/mol. The van der Waals surface area contributed by atoms with Crippen LogP contribution in [0.5, 0.6) is 5.75 Å². The van der Waals surface area contributed by atoms with Gasteiger partial charge in [-0.3, -0.25) is 14.4 Å². The number of benzene rings is 2. The zero-order valence-electron chi connectivity index (χ0n) is 23.6. The summed E-state index contributed by atoms with van der Waals surface area (Å²) in [4.78, 5) is 40.1. The molecule has 3 amide bonds. The maximum Gasteiger partial charge on any atom is 0.243 e. The van der Waals surface area contributed by atoms with E-state index in [-0.39, 0.29) is 17.7 Å². The summed E-state index contributed by atoms with van der Waals surface area (Å²) in [6.07, 6.45) is 5.10. The van der Waals surface area contributed by atoms with Crippen LogP contribution < -0.4 is 31.7 Å². The lowest BCUT2D eigenvalue weighted by Crippen LogP contribution is -2.57. The number of nitrogens with one attached hydrogen (secondary N) is 4. The quantitative estimate of drug-likeness (QED) is 0.320. The Morgan fingerprint density at radius 3 is 2.33 bits per heavy atom. The molecule has 0 radical (unpaired) electrons. The van der Waals surface area contributed by atoms with Crippen LogP contribution in [-0.4, -0.2) is 62.1 Å². The molecule has 0 aromatic heterocycles. The van der Waals surface area contributed by atoms with E-state index in [0.29, 0.717) is 51.9 Å². The highest BCUT2D eigenvalue weighted by molar-refractivity contribution is 5.93. The van der Waals surface area contributed by atoms with Gasteiger partial charge >= 0.3 is 0 Å². The molecule has 0 bridgehead atoms. The van der Waals surface area contributed by atoms with Crippen molar-refractivity contribution in [3.8, 4) is 5.75 Å². The van der Waals surface area contributed by atoms with Gasteiger partial charge in [-0.05, 0) is 62.3 Å². The highest BCUT2D eigenvalue weighted by Gasteiger charge is 2.29. The topological polar surface area (TPSA) is 135 Å². The van der Waals surface area contributed by atoms with Crippen LogP contribution in [0.3, 0.4) is 0 Å². The Morgan fingerprint density at radius 1 is 0.825 bits per heavy atom. The average molecular weight is 552 g/mol. The standard InChI is InChI=1S/C31H45N5O4/c1-2-11-25-30(38)35-26(16-8-9-18-32)31(39)36-27(22-23-12-4-3-5-13-23)29(37)34-19-10-15-24-14-6-7-17-28(24)40-21-20-33-25/h3-7,12-14,17,25-27,33H,2,8-11,15-16,18-22,32H2,1H3,(H,34,37)(H,35,38)(H,36,39)/t25-,26-,27+/m0/s1. The Bertz CT molecular complexity index is 1060. The molecular formula is C31H45N5O4. The summed E-state index contributed by atoms with van der Waals surface area (Å²) in [5.74, 6) is -0.0433.